The van der Waals surface area contributed by atoms with Crippen molar-refractivity contribution in [3.63, 3.8) is 0 Å². The largest absolute Gasteiger partial charge is 0.475 e. The third-order valence-electron chi connectivity index (χ3n) is 2.83. The van der Waals surface area contributed by atoms with E-state index in [4.69, 9.17) is 13.6 Å². The van der Waals surface area contributed by atoms with Gasteiger partial charge in [-0.2, -0.15) is 0 Å². The summed E-state index contributed by atoms with van der Waals surface area (Å²) >= 11 is 0. The maximum absolute atomic E-state index is 12.3. The maximum Gasteiger partial charge on any atom is 0.475 e. The Morgan fingerprint density at radius 1 is 0.900 bits per heavy atom. The van der Waals surface area contributed by atoms with E-state index in [0.717, 1.165) is 16.3 Å². The first kappa shape index (κ1) is 15.2. The highest BCUT2D eigenvalue weighted by molar-refractivity contribution is 7.48. The zero-order valence-corrected chi connectivity index (χ0v) is 12.6. The highest BCUT2D eigenvalue weighted by Crippen LogP contribution is 2.50. The Bertz CT molecular complexity index is 596. The van der Waals surface area contributed by atoms with E-state index in [2.05, 4.69) is 0 Å². The van der Waals surface area contributed by atoms with Gasteiger partial charge in [-0.3, -0.25) is 13.6 Å². The number of fused-ring (bicyclic) bond motifs is 1. The van der Waals surface area contributed by atoms with Crippen LogP contribution >= 0.6 is 7.82 Å². The second kappa shape index (κ2) is 7.00. The molecule has 0 aliphatic rings. The maximum atomic E-state index is 12.3. The van der Waals surface area contributed by atoms with Crippen LogP contribution in [0.3, 0.4) is 0 Å². The molecule has 0 aliphatic heterocycles. The van der Waals surface area contributed by atoms with Gasteiger partial charge in [-0.15, -0.1) is 0 Å². The van der Waals surface area contributed by atoms with E-state index >= 15 is 0 Å². The Balaban J connectivity index is 2.18. The average Bonchev–Trinajstić information content (AvgIpc) is 2.46. The number of rotatable bonds is 7. The molecule has 0 saturated heterocycles. The molecule has 0 amide bonds. The van der Waals surface area contributed by atoms with Crippen LogP contribution in [0.4, 0.5) is 0 Å². The van der Waals surface area contributed by atoms with E-state index in [-0.39, 0.29) is 19.8 Å². The number of hydrogen-bond acceptors (Lipinski definition) is 4. The van der Waals surface area contributed by atoms with Gasteiger partial charge in [0.15, 0.2) is 0 Å². The minimum absolute atomic E-state index is 0.193. The molecule has 0 aliphatic carbocycles. The predicted octanol–water partition coefficient (Wildman–Crippen LogP) is 4.54. The topological polar surface area (TPSA) is 44.8 Å². The number of phosphoric acid groups is 1. The third kappa shape index (κ3) is 3.68. The number of hydrogen-bond donors (Lipinski definition) is 0. The van der Waals surface area contributed by atoms with Crippen molar-refractivity contribution in [2.24, 2.45) is 0 Å². The molecule has 2 rings (SSSR count). The molecule has 0 bridgehead atoms. The summed E-state index contributed by atoms with van der Waals surface area (Å²) in [6.07, 6.45) is 0. The van der Waals surface area contributed by atoms with Crippen LogP contribution in [0.15, 0.2) is 42.5 Å². The van der Waals surface area contributed by atoms with Crippen LogP contribution in [-0.4, -0.2) is 13.2 Å². The standard InChI is InChI=1S/C15H19O4P/c1-3-17-20(16,18-4-2)19-12-14-10-7-9-13-8-5-6-11-15(13)14/h5-11H,3-4,12H2,1-2H3. The molecule has 0 aromatic heterocycles. The van der Waals surface area contributed by atoms with Gasteiger partial charge in [0.05, 0.1) is 19.8 Å². The molecule has 0 spiro atoms. The van der Waals surface area contributed by atoms with Crippen molar-refractivity contribution in [2.45, 2.75) is 20.5 Å². The fraction of sp³-hybridized carbons (Fsp3) is 0.333. The lowest BCUT2D eigenvalue weighted by Gasteiger charge is -2.17. The average molecular weight is 294 g/mol. The van der Waals surface area contributed by atoms with Gasteiger partial charge < -0.3 is 0 Å². The lowest BCUT2D eigenvalue weighted by Crippen LogP contribution is -2.00. The minimum atomic E-state index is -3.46. The second-order valence-electron chi connectivity index (χ2n) is 4.19. The van der Waals surface area contributed by atoms with E-state index in [1.165, 1.54) is 0 Å². The highest BCUT2D eigenvalue weighted by Gasteiger charge is 2.25. The van der Waals surface area contributed by atoms with Gasteiger partial charge in [0.25, 0.3) is 0 Å². The molecular weight excluding hydrogens is 275 g/mol. The fourth-order valence-electron chi connectivity index (χ4n) is 1.99. The van der Waals surface area contributed by atoms with Crippen LogP contribution < -0.4 is 0 Å². The van der Waals surface area contributed by atoms with Gasteiger partial charge in [0.2, 0.25) is 0 Å². The monoisotopic (exact) mass is 294 g/mol. The van der Waals surface area contributed by atoms with Crippen LogP contribution in [0, 0.1) is 0 Å². The number of benzene rings is 2. The zero-order chi connectivity index (χ0) is 14.4. The van der Waals surface area contributed by atoms with Crippen molar-refractivity contribution < 1.29 is 18.1 Å². The van der Waals surface area contributed by atoms with E-state index in [0.29, 0.717) is 0 Å². The molecule has 0 heterocycles. The smallest absolute Gasteiger partial charge is 0.287 e. The van der Waals surface area contributed by atoms with Crippen LogP contribution in [0.2, 0.25) is 0 Å². The Morgan fingerprint density at radius 3 is 2.25 bits per heavy atom. The molecule has 0 atom stereocenters. The van der Waals surface area contributed by atoms with E-state index in [1.807, 2.05) is 42.5 Å². The highest BCUT2D eigenvalue weighted by atomic mass is 31.2. The molecule has 2 aromatic rings. The van der Waals surface area contributed by atoms with Crippen molar-refractivity contribution in [1.29, 1.82) is 0 Å². The molecule has 20 heavy (non-hydrogen) atoms. The van der Waals surface area contributed by atoms with Crippen molar-refractivity contribution in [3.8, 4) is 0 Å². The first-order valence-electron chi connectivity index (χ1n) is 6.69. The summed E-state index contributed by atoms with van der Waals surface area (Å²) in [4.78, 5) is 0. The lowest BCUT2D eigenvalue weighted by atomic mass is 10.1. The second-order valence-corrected chi connectivity index (χ2v) is 5.86. The summed E-state index contributed by atoms with van der Waals surface area (Å²) in [6, 6.07) is 13.9. The normalized spacial score (nSPS) is 11.9. The summed E-state index contributed by atoms with van der Waals surface area (Å²) < 4.78 is 27.9. The summed E-state index contributed by atoms with van der Waals surface area (Å²) in [5.41, 5.74) is 0.961. The van der Waals surface area contributed by atoms with Crippen molar-refractivity contribution in [3.05, 3.63) is 48.0 Å². The molecule has 4 nitrogen and oxygen atoms in total. The molecule has 2 aromatic carbocycles. The van der Waals surface area contributed by atoms with E-state index < -0.39 is 7.82 Å². The van der Waals surface area contributed by atoms with Gasteiger partial charge in [0.1, 0.15) is 0 Å². The first-order chi connectivity index (χ1) is 9.68. The van der Waals surface area contributed by atoms with Crippen molar-refractivity contribution in [1.82, 2.24) is 0 Å². The Hall–Kier alpha value is -1.19. The first-order valence-corrected chi connectivity index (χ1v) is 8.15. The molecule has 0 unspecified atom stereocenters. The molecule has 0 fully saturated rings. The van der Waals surface area contributed by atoms with Crippen LogP contribution in [0.1, 0.15) is 19.4 Å². The van der Waals surface area contributed by atoms with Crippen LogP contribution in [-0.2, 0) is 24.7 Å². The molecule has 0 radical (unpaired) electrons. The molecule has 0 saturated carbocycles. The van der Waals surface area contributed by atoms with Gasteiger partial charge in [-0.05, 0) is 30.2 Å². The van der Waals surface area contributed by atoms with Crippen LogP contribution in [0.25, 0.3) is 10.8 Å². The van der Waals surface area contributed by atoms with Gasteiger partial charge in [-0.1, -0.05) is 42.5 Å². The Morgan fingerprint density at radius 2 is 1.55 bits per heavy atom. The van der Waals surface area contributed by atoms with E-state index in [9.17, 15) is 4.57 Å². The molecule has 0 N–H and O–H groups in total. The van der Waals surface area contributed by atoms with Crippen molar-refractivity contribution >= 4 is 18.6 Å². The molecular formula is C15H19O4P. The zero-order valence-electron chi connectivity index (χ0n) is 11.7. The third-order valence-corrected chi connectivity index (χ3v) is 4.43. The van der Waals surface area contributed by atoms with Crippen molar-refractivity contribution in [2.75, 3.05) is 13.2 Å². The molecule has 5 heteroatoms. The number of phosphoric ester groups is 1. The minimum Gasteiger partial charge on any atom is -0.287 e. The lowest BCUT2D eigenvalue weighted by molar-refractivity contribution is 0.116. The summed E-state index contributed by atoms with van der Waals surface area (Å²) in [7, 11) is -3.46. The van der Waals surface area contributed by atoms with Gasteiger partial charge in [0, 0.05) is 0 Å². The van der Waals surface area contributed by atoms with Crippen LogP contribution in [0.5, 0.6) is 0 Å². The van der Waals surface area contributed by atoms with E-state index in [1.54, 1.807) is 13.8 Å². The predicted molar refractivity (Wildman–Crippen MR) is 79.6 cm³/mol. The summed E-state index contributed by atoms with van der Waals surface area (Å²) in [5.74, 6) is 0. The van der Waals surface area contributed by atoms with Gasteiger partial charge in [-0.25, -0.2) is 4.57 Å². The summed E-state index contributed by atoms with van der Waals surface area (Å²) in [6.45, 7) is 4.28. The Kier molecular flexibility index (Phi) is 5.32. The Labute approximate surface area is 119 Å². The quantitative estimate of drug-likeness (QED) is 0.703. The fourth-order valence-corrected chi connectivity index (χ4v) is 3.15. The summed E-state index contributed by atoms with van der Waals surface area (Å²) in [5, 5.41) is 2.20. The molecule has 108 valence electrons. The van der Waals surface area contributed by atoms with Gasteiger partial charge >= 0.3 is 7.82 Å². The SMILES string of the molecule is CCOP(=O)(OCC)OCc1cccc2ccccc12.